The molecule has 14 heteroatoms. The van der Waals surface area contributed by atoms with Crippen molar-refractivity contribution in [3.05, 3.63) is 63.5 Å². The number of hydrogen-bond acceptors (Lipinski definition) is 5. The van der Waals surface area contributed by atoms with Crippen LogP contribution in [0.2, 0.25) is 0 Å². The van der Waals surface area contributed by atoms with Gasteiger partial charge in [-0.25, -0.2) is 22.5 Å². The maximum Gasteiger partial charge on any atom is 0.408 e. The van der Waals surface area contributed by atoms with Crippen LogP contribution in [0.5, 0.6) is 0 Å². The molecule has 1 saturated carbocycles. The summed E-state index contributed by atoms with van der Waals surface area (Å²) in [5.74, 6) is -8.06. The second-order valence-corrected chi connectivity index (χ2v) is 9.34. The van der Waals surface area contributed by atoms with Crippen molar-refractivity contribution in [2.45, 2.75) is 37.6 Å². The van der Waals surface area contributed by atoms with Crippen molar-refractivity contribution in [1.82, 2.24) is 14.9 Å². The number of carbonyl (C=O) groups is 1. The van der Waals surface area contributed by atoms with Gasteiger partial charge in [-0.05, 0) is 31.2 Å². The molecule has 2 unspecified atom stereocenters. The number of amides is 1. The molecule has 202 valence electrons. The molecule has 3 heterocycles. The third kappa shape index (κ3) is 4.68. The first kappa shape index (κ1) is 25.9. The summed E-state index contributed by atoms with van der Waals surface area (Å²) in [5.41, 5.74) is -3.72. The van der Waals surface area contributed by atoms with Gasteiger partial charge in [-0.3, -0.25) is 14.2 Å². The third-order valence-electron chi connectivity index (χ3n) is 6.58. The number of aromatic nitrogens is 2. The summed E-state index contributed by atoms with van der Waals surface area (Å²) in [7, 11) is 0. The van der Waals surface area contributed by atoms with Gasteiger partial charge < -0.3 is 15.3 Å². The van der Waals surface area contributed by atoms with Crippen molar-refractivity contribution in [2.24, 2.45) is 5.92 Å². The molecule has 2 fully saturated rings. The highest BCUT2D eigenvalue weighted by atomic mass is 19.4. The summed E-state index contributed by atoms with van der Waals surface area (Å²) >= 11 is 0. The van der Waals surface area contributed by atoms with Gasteiger partial charge in [-0.1, -0.05) is 0 Å². The van der Waals surface area contributed by atoms with E-state index in [4.69, 9.17) is 0 Å². The average Bonchev–Trinajstić information content (AvgIpc) is 3.56. The number of anilines is 1. The van der Waals surface area contributed by atoms with Crippen LogP contribution in [0.3, 0.4) is 0 Å². The molecule has 0 spiro atoms. The molecule has 3 aromatic rings. The molecule has 1 saturated heterocycles. The first-order valence-corrected chi connectivity index (χ1v) is 11.6. The lowest BCUT2D eigenvalue weighted by Crippen LogP contribution is -2.48. The summed E-state index contributed by atoms with van der Waals surface area (Å²) in [4.78, 5) is 31.4. The Kier molecular flexibility index (Phi) is 6.32. The molecular weight excluding hydrogens is 525 g/mol. The molecule has 1 aromatic carbocycles. The van der Waals surface area contributed by atoms with Crippen LogP contribution >= 0.6 is 0 Å². The Morgan fingerprint density at radius 3 is 2.26 bits per heavy atom. The number of aliphatic hydroxyl groups is 1. The largest absolute Gasteiger partial charge is 0.408 e. The fourth-order valence-corrected chi connectivity index (χ4v) is 4.58. The molecule has 2 aliphatic rings. The number of nitrogens with one attached hydrogen (secondary N) is 1. The first-order valence-electron chi connectivity index (χ1n) is 11.6. The number of hydrogen-bond donors (Lipinski definition) is 2. The highest BCUT2D eigenvalue weighted by Crippen LogP contribution is 2.40. The molecule has 7 nitrogen and oxygen atoms in total. The summed E-state index contributed by atoms with van der Waals surface area (Å²) < 4.78 is 99.3. The minimum atomic E-state index is -4.83. The lowest BCUT2D eigenvalue weighted by Gasteiger charge is -2.22. The standard InChI is InChI=1S/C24H19F7N4O3/c25-11-5-15(26)18(16(27)6-11)35-9-14(23(38)32-20(10-1-2-10)24(29,30)31)19(37)13-7-17(28)22(33-21(13)35)34-4-3-12(36)8-34/h5-7,9-10,12,20,36H,1-4,8H2,(H,32,38). The van der Waals surface area contributed by atoms with Crippen LogP contribution in [0.25, 0.3) is 16.7 Å². The number of halogens is 7. The average molecular weight is 544 g/mol. The molecule has 0 bridgehead atoms. The van der Waals surface area contributed by atoms with Gasteiger partial charge in [0.25, 0.3) is 5.91 Å². The van der Waals surface area contributed by atoms with Gasteiger partial charge in [-0.2, -0.15) is 13.2 Å². The smallest absolute Gasteiger partial charge is 0.391 e. The van der Waals surface area contributed by atoms with Crippen molar-refractivity contribution in [3.8, 4) is 5.69 Å². The van der Waals surface area contributed by atoms with E-state index in [1.54, 1.807) is 5.32 Å². The molecule has 2 N–H and O–H groups in total. The van der Waals surface area contributed by atoms with E-state index in [1.165, 1.54) is 4.90 Å². The summed E-state index contributed by atoms with van der Waals surface area (Å²) in [6.07, 6.45) is -4.38. The van der Waals surface area contributed by atoms with Crippen molar-refractivity contribution in [1.29, 1.82) is 0 Å². The second-order valence-electron chi connectivity index (χ2n) is 9.34. The quantitative estimate of drug-likeness (QED) is 0.480. The second kappa shape index (κ2) is 9.26. The van der Waals surface area contributed by atoms with Crippen molar-refractivity contribution in [2.75, 3.05) is 18.0 Å². The zero-order valence-electron chi connectivity index (χ0n) is 19.3. The first-order chi connectivity index (χ1) is 17.8. The summed E-state index contributed by atoms with van der Waals surface area (Å²) in [6.45, 7) is 0.139. The van der Waals surface area contributed by atoms with Crippen LogP contribution in [0.4, 0.5) is 36.6 Å². The zero-order valence-corrected chi connectivity index (χ0v) is 19.3. The summed E-state index contributed by atoms with van der Waals surface area (Å²) in [5, 5.41) is 10.9. The molecule has 1 aliphatic heterocycles. The van der Waals surface area contributed by atoms with Crippen molar-refractivity contribution in [3.63, 3.8) is 0 Å². The van der Waals surface area contributed by atoms with E-state index in [9.17, 15) is 41.0 Å². The van der Waals surface area contributed by atoms with Crippen molar-refractivity contribution >= 4 is 22.8 Å². The Labute approximate surface area is 209 Å². The van der Waals surface area contributed by atoms with Gasteiger partial charge in [0, 0.05) is 31.4 Å². The predicted molar refractivity (Wildman–Crippen MR) is 120 cm³/mol. The molecule has 1 aliphatic carbocycles. The Balaban J connectivity index is 1.72. The SMILES string of the molecule is O=C(NC(C1CC1)C(F)(F)F)c1cn(-c2c(F)cc(F)cc2F)c2nc(N3CCC(O)C3)c(F)cc2c1=O. The van der Waals surface area contributed by atoms with Gasteiger partial charge in [-0.15, -0.1) is 0 Å². The monoisotopic (exact) mass is 544 g/mol. The Morgan fingerprint density at radius 1 is 1.05 bits per heavy atom. The maximum atomic E-state index is 15.1. The fourth-order valence-electron chi connectivity index (χ4n) is 4.58. The number of β-amino-alcohol motifs (C(OH)–C–C–N with tert-alkyl or cyclic N) is 1. The highest BCUT2D eigenvalue weighted by Gasteiger charge is 2.50. The summed E-state index contributed by atoms with van der Waals surface area (Å²) in [6, 6.07) is -0.984. The lowest BCUT2D eigenvalue weighted by molar-refractivity contribution is -0.158. The molecule has 1 amide bonds. The van der Waals surface area contributed by atoms with Crippen molar-refractivity contribution < 1.29 is 40.6 Å². The van der Waals surface area contributed by atoms with E-state index in [0.29, 0.717) is 29.0 Å². The minimum absolute atomic E-state index is 0.0284. The van der Waals surface area contributed by atoms with Gasteiger partial charge in [0.1, 0.15) is 23.1 Å². The van der Waals surface area contributed by atoms with Crippen LogP contribution in [-0.2, 0) is 0 Å². The van der Waals surface area contributed by atoms with E-state index in [-0.39, 0.29) is 38.2 Å². The number of aliphatic hydroxyl groups excluding tert-OH is 1. The van der Waals surface area contributed by atoms with Crippen LogP contribution in [0.1, 0.15) is 29.6 Å². The molecule has 2 atom stereocenters. The number of pyridine rings is 2. The number of nitrogens with zero attached hydrogens (tertiary/aromatic N) is 3. The zero-order chi connectivity index (χ0) is 27.5. The fraction of sp³-hybridized carbons (Fsp3) is 0.375. The topological polar surface area (TPSA) is 87.5 Å². The molecule has 0 radical (unpaired) electrons. The Hall–Kier alpha value is -3.68. The number of carbonyl (C=O) groups excluding carboxylic acids is 1. The van der Waals surface area contributed by atoms with Gasteiger partial charge in [0.15, 0.2) is 28.9 Å². The lowest BCUT2D eigenvalue weighted by atomic mass is 10.1. The Bertz CT molecular complexity index is 1480. The normalized spacial score (nSPS) is 18.7. The van der Waals surface area contributed by atoms with Crippen LogP contribution < -0.4 is 15.6 Å². The van der Waals surface area contributed by atoms with E-state index < -0.39 is 81.1 Å². The van der Waals surface area contributed by atoms with Crippen LogP contribution in [0.15, 0.2) is 29.2 Å². The number of rotatable bonds is 5. The molecule has 38 heavy (non-hydrogen) atoms. The molecular formula is C24H19F7N4O3. The number of benzene rings is 1. The van der Waals surface area contributed by atoms with Gasteiger partial charge in [0.2, 0.25) is 5.43 Å². The van der Waals surface area contributed by atoms with E-state index in [1.807, 2.05) is 0 Å². The highest BCUT2D eigenvalue weighted by molar-refractivity contribution is 5.97. The minimum Gasteiger partial charge on any atom is -0.391 e. The van der Waals surface area contributed by atoms with E-state index in [2.05, 4.69) is 4.98 Å². The third-order valence-corrected chi connectivity index (χ3v) is 6.58. The predicted octanol–water partition coefficient (Wildman–Crippen LogP) is 3.58. The number of fused-ring (bicyclic) bond motifs is 1. The molecule has 2 aromatic heterocycles. The van der Waals surface area contributed by atoms with E-state index in [0.717, 1.165) is 0 Å². The van der Waals surface area contributed by atoms with Crippen LogP contribution in [-0.4, -0.2) is 52.0 Å². The number of alkyl halides is 3. The van der Waals surface area contributed by atoms with E-state index >= 15 is 4.39 Å². The maximum absolute atomic E-state index is 15.1. The Morgan fingerprint density at radius 2 is 1.71 bits per heavy atom. The van der Waals surface area contributed by atoms with Gasteiger partial charge in [0.05, 0.1) is 11.5 Å². The molecule has 5 rings (SSSR count). The van der Waals surface area contributed by atoms with Gasteiger partial charge >= 0.3 is 6.18 Å². The van der Waals surface area contributed by atoms with Crippen LogP contribution in [0, 0.1) is 29.2 Å².